The monoisotopic (exact) mass is 258 g/mol. The molecule has 0 amide bonds. The first-order chi connectivity index (χ1) is 7.23. The summed E-state index contributed by atoms with van der Waals surface area (Å²) in [7, 11) is -3.57. The molecule has 0 fully saturated rings. The Morgan fingerprint density at radius 1 is 1.31 bits per heavy atom. The highest BCUT2D eigenvalue weighted by Crippen LogP contribution is 2.39. The van der Waals surface area contributed by atoms with Crippen LogP contribution in [-0.4, -0.2) is 19.1 Å². The van der Waals surface area contributed by atoms with Gasteiger partial charge in [-0.05, 0) is 43.7 Å². The van der Waals surface area contributed by atoms with Crippen LogP contribution >= 0.6 is 11.6 Å². The average Bonchev–Trinajstić information content (AvgIpc) is 2.36. The van der Waals surface area contributed by atoms with Crippen LogP contribution in [0.3, 0.4) is 0 Å². The minimum absolute atomic E-state index is 0.0114. The lowest BCUT2D eigenvalue weighted by molar-refractivity contribution is 0.129. The number of hydrogen-bond acceptors (Lipinski definition) is 3. The third kappa shape index (κ3) is 1.67. The van der Waals surface area contributed by atoms with Crippen LogP contribution in [0, 0.1) is 0 Å². The molecule has 2 rings (SSSR count). The van der Waals surface area contributed by atoms with Gasteiger partial charge in [-0.3, -0.25) is 0 Å². The minimum Gasteiger partial charge on any atom is -0.385 e. The number of rotatable bonds is 1. The zero-order valence-electron chi connectivity index (χ0n) is 8.86. The predicted octanol–water partition coefficient (Wildman–Crippen LogP) is 2.24. The molecule has 0 bridgehead atoms. The third-order valence-corrected chi connectivity index (χ3v) is 4.82. The maximum atomic E-state index is 12.1. The van der Waals surface area contributed by atoms with Gasteiger partial charge >= 0.3 is 0 Å². The molecule has 1 aromatic rings. The lowest BCUT2D eigenvalue weighted by atomic mass is 10.1. The number of sulfone groups is 1. The number of fused-ring (bicyclic) bond motifs is 1. The molecule has 5 heteroatoms. The van der Waals surface area contributed by atoms with Gasteiger partial charge in [0.15, 0.2) is 0 Å². The molecule has 0 saturated heterocycles. The molecule has 1 heterocycles. The van der Waals surface area contributed by atoms with Crippen molar-refractivity contribution in [1.29, 1.82) is 0 Å². The van der Waals surface area contributed by atoms with Gasteiger partial charge < -0.3 is 5.11 Å². The topological polar surface area (TPSA) is 54.4 Å². The molecule has 1 N–H and O–H groups in total. The van der Waals surface area contributed by atoms with Gasteiger partial charge in [-0.15, -0.1) is 0 Å². The van der Waals surface area contributed by atoms with E-state index in [0.29, 0.717) is 10.6 Å². The average molecular weight is 259 g/mol. The zero-order chi connectivity index (χ0) is 12.1. The van der Waals surface area contributed by atoms with E-state index in [0.717, 1.165) is 0 Å². The van der Waals surface area contributed by atoms with Crippen molar-refractivity contribution in [3.8, 4) is 0 Å². The Hall–Kier alpha value is -0.840. The molecule has 3 nitrogen and oxygen atoms in total. The van der Waals surface area contributed by atoms with E-state index in [1.165, 1.54) is 32.1 Å². The zero-order valence-corrected chi connectivity index (χ0v) is 10.4. The van der Waals surface area contributed by atoms with Crippen LogP contribution in [0.1, 0.15) is 19.4 Å². The summed E-state index contributed by atoms with van der Waals surface area (Å²) in [6, 6.07) is 4.56. The van der Waals surface area contributed by atoms with E-state index in [2.05, 4.69) is 0 Å². The minimum atomic E-state index is -3.57. The van der Waals surface area contributed by atoms with Crippen LogP contribution in [0.25, 0.3) is 6.08 Å². The molecule has 0 saturated carbocycles. The lowest BCUT2D eigenvalue weighted by Gasteiger charge is -2.18. The Morgan fingerprint density at radius 3 is 2.50 bits per heavy atom. The van der Waals surface area contributed by atoms with Gasteiger partial charge in [0.25, 0.3) is 0 Å². The molecule has 0 atom stereocenters. The SMILES string of the molecule is CC(C)(O)C1=Cc2cc(Cl)ccc2S1(=O)=O. The Bertz CT molecular complexity index is 580. The molecule has 0 radical (unpaired) electrons. The molecule has 0 aromatic heterocycles. The van der Waals surface area contributed by atoms with E-state index in [9.17, 15) is 13.5 Å². The smallest absolute Gasteiger partial charge is 0.206 e. The molecule has 1 aromatic carbocycles. The Morgan fingerprint density at radius 2 is 1.94 bits per heavy atom. The second-order valence-corrected chi connectivity index (χ2v) is 6.58. The lowest BCUT2D eigenvalue weighted by Crippen LogP contribution is -2.25. The standard InChI is InChI=1S/C11H11ClO3S/c1-11(2,13)10-6-7-5-8(12)3-4-9(7)16(10,14)15/h3-6,13H,1-2H3. The fourth-order valence-electron chi connectivity index (χ4n) is 1.72. The number of aliphatic hydroxyl groups is 1. The van der Waals surface area contributed by atoms with Crippen molar-refractivity contribution in [2.24, 2.45) is 0 Å². The molecule has 0 aliphatic carbocycles. The van der Waals surface area contributed by atoms with E-state index < -0.39 is 15.4 Å². The molecule has 1 aliphatic rings. The van der Waals surface area contributed by atoms with E-state index in [1.54, 1.807) is 6.07 Å². The van der Waals surface area contributed by atoms with Gasteiger partial charge in [0, 0.05) is 5.02 Å². The van der Waals surface area contributed by atoms with E-state index in [4.69, 9.17) is 11.6 Å². The van der Waals surface area contributed by atoms with Crippen LogP contribution in [0.4, 0.5) is 0 Å². The first-order valence-electron chi connectivity index (χ1n) is 4.72. The summed E-state index contributed by atoms with van der Waals surface area (Å²) < 4.78 is 24.1. The third-order valence-electron chi connectivity index (χ3n) is 2.44. The Balaban J connectivity index is 2.71. The van der Waals surface area contributed by atoms with Crippen molar-refractivity contribution < 1.29 is 13.5 Å². The van der Waals surface area contributed by atoms with Crippen molar-refractivity contribution >= 4 is 27.5 Å². The molecule has 1 aliphatic heterocycles. The number of hydrogen-bond donors (Lipinski definition) is 1. The van der Waals surface area contributed by atoms with Crippen molar-refractivity contribution in [2.75, 3.05) is 0 Å². The molecule has 16 heavy (non-hydrogen) atoms. The summed E-state index contributed by atoms with van der Waals surface area (Å²) in [4.78, 5) is 0.214. The van der Waals surface area contributed by atoms with Crippen LogP contribution in [0.15, 0.2) is 28.0 Å². The van der Waals surface area contributed by atoms with Crippen LogP contribution in [0.5, 0.6) is 0 Å². The molecular weight excluding hydrogens is 248 g/mol. The van der Waals surface area contributed by atoms with Gasteiger partial charge in [0.05, 0.1) is 15.4 Å². The van der Waals surface area contributed by atoms with E-state index in [1.807, 2.05) is 0 Å². The van der Waals surface area contributed by atoms with E-state index in [-0.39, 0.29) is 9.80 Å². The summed E-state index contributed by atoms with van der Waals surface area (Å²) in [5.74, 6) is 0. The van der Waals surface area contributed by atoms with Crippen molar-refractivity contribution in [3.63, 3.8) is 0 Å². The molecule has 0 spiro atoms. The summed E-state index contributed by atoms with van der Waals surface area (Å²) in [6.07, 6.45) is 1.47. The van der Waals surface area contributed by atoms with Gasteiger partial charge in [0.1, 0.15) is 0 Å². The largest absolute Gasteiger partial charge is 0.385 e. The van der Waals surface area contributed by atoms with Gasteiger partial charge in [0.2, 0.25) is 9.84 Å². The first kappa shape index (κ1) is 11.6. The highest BCUT2D eigenvalue weighted by atomic mass is 35.5. The van der Waals surface area contributed by atoms with Crippen molar-refractivity contribution in [3.05, 3.63) is 33.7 Å². The van der Waals surface area contributed by atoms with Crippen LogP contribution in [-0.2, 0) is 9.84 Å². The van der Waals surface area contributed by atoms with Crippen LogP contribution in [0.2, 0.25) is 5.02 Å². The second kappa shape index (κ2) is 3.32. The maximum absolute atomic E-state index is 12.1. The number of benzene rings is 1. The Labute approximate surface area is 99.3 Å². The van der Waals surface area contributed by atoms with Gasteiger partial charge in [-0.2, -0.15) is 0 Å². The summed E-state index contributed by atoms with van der Waals surface area (Å²) >= 11 is 5.79. The fraction of sp³-hybridized carbons (Fsp3) is 0.273. The van der Waals surface area contributed by atoms with E-state index >= 15 is 0 Å². The second-order valence-electron chi connectivity index (χ2n) is 4.25. The first-order valence-corrected chi connectivity index (χ1v) is 6.58. The van der Waals surface area contributed by atoms with Crippen molar-refractivity contribution in [2.45, 2.75) is 24.3 Å². The highest BCUT2D eigenvalue weighted by Gasteiger charge is 2.37. The van der Waals surface area contributed by atoms with Gasteiger partial charge in [-0.25, -0.2) is 8.42 Å². The van der Waals surface area contributed by atoms with Crippen molar-refractivity contribution in [1.82, 2.24) is 0 Å². The highest BCUT2D eigenvalue weighted by molar-refractivity contribution is 7.96. The van der Waals surface area contributed by atoms with Crippen LogP contribution < -0.4 is 0 Å². The molecule has 0 unspecified atom stereocenters. The fourth-order valence-corrected chi connectivity index (χ4v) is 3.75. The molecule has 86 valence electrons. The summed E-state index contributed by atoms with van der Waals surface area (Å²) in [6.45, 7) is 2.90. The number of halogens is 1. The normalized spacial score (nSPS) is 18.1. The summed E-state index contributed by atoms with van der Waals surface area (Å²) in [5, 5.41) is 10.3. The quantitative estimate of drug-likeness (QED) is 0.841. The summed E-state index contributed by atoms with van der Waals surface area (Å²) in [5.41, 5.74) is -0.853. The maximum Gasteiger partial charge on any atom is 0.206 e. The molecular formula is C11H11ClO3S. The Kier molecular flexibility index (Phi) is 2.42. The van der Waals surface area contributed by atoms with Gasteiger partial charge in [-0.1, -0.05) is 11.6 Å². The predicted molar refractivity (Wildman–Crippen MR) is 62.9 cm³/mol.